The molecular weight excluding hydrogens is 961 g/mol. The van der Waals surface area contributed by atoms with Gasteiger partial charge in [0.05, 0.1) is 0 Å². The van der Waals surface area contributed by atoms with Crippen molar-refractivity contribution in [3.05, 3.63) is 134 Å². The lowest BCUT2D eigenvalue weighted by molar-refractivity contribution is -0.167. The Morgan fingerprint density at radius 3 is 0.808 bits per heavy atom. The Kier molecular flexibility index (Phi) is 61.4. The van der Waals surface area contributed by atoms with E-state index >= 15 is 0 Å². The Morgan fingerprint density at radius 1 is 0.269 bits per heavy atom. The molecule has 0 aliphatic carbocycles. The smallest absolute Gasteiger partial charge is 0.306 e. The molecule has 0 aliphatic heterocycles. The Labute approximate surface area is 481 Å². The van der Waals surface area contributed by atoms with Gasteiger partial charge in [0.2, 0.25) is 0 Å². The van der Waals surface area contributed by atoms with E-state index in [1.54, 1.807) is 0 Å². The first-order chi connectivity index (χ1) is 38.5. The van der Waals surface area contributed by atoms with Crippen LogP contribution in [0.25, 0.3) is 0 Å². The number of hydrogen-bond donors (Lipinski definition) is 0. The van der Waals surface area contributed by atoms with Crippen molar-refractivity contribution in [1.29, 1.82) is 0 Å². The molecule has 78 heavy (non-hydrogen) atoms. The van der Waals surface area contributed by atoms with E-state index in [0.717, 1.165) is 122 Å². The zero-order valence-corrected chi connectivity index (χ0v) is 50.6. The predicted octanol–water partition coefficient (Wildman–Crippen LogP) is 22.2. The Hall–Kier alpha value is -4.45. The molecule has 6 nitrogen and oxygen atoms in total. The van der Waals surface area contributed by atoms with Gasteiger partial charge in [0.15, 0.2) is 6.10 Å². The lowest BCUT2D eigenvalue weighted by Gasteiger charge is -2.18. The van der Waals surface area contributed by atoms with Crippen molar-refractivity contribution in [3.63, 3.8) is 0 Å². The standard InChI is InChI=1S/C72H118O6/c1-4-7-10-13-16-19-22-25-27-28-29-30-31-32-33-34-35-36-37-38-39-40-41-42-43-44-46-47-50-53-56-59-62-65-71(74)77-68-69(67-76-70(73)64-61-58-55-52-49-24-21-18-15-12-9-6-3)78-72(75)66-63-60-57-54-51-48-45-26-23-20-17-14-11-8-5-2/h7-8,10-11,16-17,19-20,25-27,29-30,32-33,35-36,38-39,45,51,54,69H,4-6,9,12-15,18,21-24,28,31,34,37,40-44,46-50,52-53,55-68H2,1-3H3/b10-7-,11-8-,19-16-,20-17-,27-25-,30-29-,33-32-,36-35-,39-38-,45-26-,54-51-. The summed E-state index contributed by atoms with van der Waals surface area (Å²) in [6, 6.07) is 0. The first kappa shape index (κ1) is 73.5. The number of rotatable bonds is 57. The van der Waals surface area contributed by atoms with Crippen molar-refractivity contribution < 1.29 is 28.6 Å². The van der Waals surface area contributed by atoms with Gasteiger partial charge in [-0.2, -0.15) is 0 Å². The Morgan fingerprint density at radius 2 is 0.500 bits per heavy atom. The molecule has 1 atom stereocenters. The van der Waals surface area contributed by atoms with Gasteiger partial charge in [0.25, 0.3) is 0 Å². The van der Waals surface area contributed by atoms with Crippen molar-refractivity contribution >= 4 is 17.9 Å². The number of esters is 3. The highest BCUT2D eigenvalue weighted by Gasteiger charge is 2.19. The van der Waals surface area contributed by atoms with Crippen LogP contribution in [0.4, 0.5) is 0 Å². The van der Waals surface area contributed by atoms with Crippen molar-refractivity contribution in [2.45, 2.75) is 290 Å². The van der Waals surface area contributed by atoms with Crippen LogP contribution in [0.15, 0.2) is 134 Å². The van der Waals surface area contributed by atoms with E-state index in [-0.39, 0.29) is 37.5 Å². The molecular formula is C72H118O6. The summed E-state index contributed by atoms with van der Waals surface area (Å²) in [5.41, 5.74) is 0. The first-order valence-corrected chi connectivity index (χ1v) is 32.2. The van der Waals surface area contributed by atoms with E-state index in [1.165, 1.54) is 116 Å². The number of carbonyl (C=O) groups is 3. The van der Waals surface area contributed by atoms with Crippen molar-refractivity contribution in [2.75, 3.05) is 13.2 Å². The van der Waals surface area contributed by atoms with Gasteiger partial charge in [-0.15, -0.1) is 0 Å². The zero-order chi connectivity index (χ0) is 56.4. The predicted molar refractivity (Wildman–Crippen MR) is 339 cm³/mol. The summed E-state index contributed by atoms with van der Waals surface area (Å²) in [4.78, 5) is 38.2. The summed E-state index contributed by atoms with van der Waals surface area (Å²) >= 11 is 0. The summed E-state index contributed by atoms with van der Waals surface area (Å²) in [6.07, 6.45) is 91.8. The molecule has 0 saturated heterocycles. The van der Waals surface area contributed by atoms with Gasteiger partial charge >= 0.3 is 17.9 Å². The Bertz CT molecular complexity index is 1670. The van der Waals surface area contributed by atoms with Gasteiger partial charge in [-0.05, 0) is 116 Å². The molecule has 0 spiro atoms. The maximum absolute atomic E-state index is 12.9. The third-order valence-corrected chi connectivity index (χ3v) is 13.4. The molecule has 0 aliphatic rings. The van der Waals surface area contributed by atoms with E-state index < -0.39 is 6.10 Å². The van der Waals surface area contributed by atoms with Crippen LogP contribution >= 0.6 is 0 Å². The number of unbranched alkanes of at least 4 members (excludes halogenated alkanes) is 24. The van der Waals surface area contributed by atoms with Crippen LogP contribution in [-0.4, -0.2) is 37.2 Å². The average molecular weight is 1080 g/mol. The fourth-order valence-electron chi connectivity index (χ4n) is 8.65. The Balaban J connectivity index is 4.24. The molecule has 0 bridgehead atoms. The van der Waals surface area contributed by atoms with Gasteiger partial charge in [-0.3, -0.25) is 14.4 Å². The quantitative estimate of drug-likeness (QED) is 0.0261. The fraction of sp³-hybridized carbons (Fsp3) is 0.653. The number of hydrogen-bond acceptors (Lipinski definition) is 6. The van der Waals surface area contributed by atoms with Crippen LogP contribution in [0.3, 0.4) is 0 Å². The van der Waals surface area contributed by atoms with Crippen LogP contribution < -0.4 is 0 Å². The molecule has 0 rings (SSSR count). The molecule has 0 aromatic rings. The summed E-state index contributed by atoms with van der Waals surface area (Å²) in [5.74, 6) is -0.938. The molecule has 0 heterocycles. The van der Waals surface area contributed by atoms with Crippen LogP contribution in [0.5, 0.6) is 0 Å². The molecule has 1 unspecified atom stereocenters. The minimum atomic E-state index is -0.803. The third-order valence-electron chi connectivity index (χ3n) is 13.4. The molecule has 0 aromatic carbocycles. The second-order valence-electron chi connectivity index (χ2n) is 20.9. The van der Waals surface area contributed by atoms with Gasteiger partial charge in [0, 0.05) is 19.3 Å². The SMILES string of the molecule is CC/C=C\C/C=C\C/C=C\C/C=C\C/C=C\C/C=C\C/C=C\CCCCCCCCCCCCCC(=O)OCC(COC(=O)CCCCCCCCCCCCCC)OC(=O)CCCC/C=C\C/C=C\C/C=C\C/C=C\CC. The maximum Gasteiger partial charge on any atom is 0.306 e. The maximum atomic E-state index is 12.9. The summed E-state index contributed by atoms with van der Waals surface area (Å²) in [6.45, 7) is 6.38. The molecule has 0 amide bonds. The second kappa shape index (κ2) is 65.1. The first-order valence-electron chi connectivity index (χ1n) is 32.2. The molecule has 6 heteroatoms. The minimum Gasteiger partial charge on any atom is -0.462 e. The van der Waals surface area contributed by atoms with E-state index in [1.807, 2.05) is 0 Å². The van der Waals surface area contributed by atoms with E-state index in [4.69, 9.17) is 14.2 Å². The van der Waals surface area contributed by atoms with Gasteiger partial charge < -0.3 is 14.2 Å². The van der Waals surface area contributed by atoms with Crippen LogP contribution in [0, 0.1) is 0 Å². The van der Waals surface area contributed by atoms with Gasteiger partial charge in [0.1, 0.15) is 13.2 Å². The van der Waals surface area contributed by atoms with Gasteiger partial charge in [-0.25, -0.2) is 0 Å². The molecule has 0 aromatic heterocycles. The number of allylic oxidation sites excluding steroid dienone is 22. The van der Waals surface area contributed by atoms with Crippen molar-refractivity contribution in [3.8, 4) is 0 Å². The number of ether oxygens (including phenoxy) is 3. The molecule has 0 radical (unpaired) electrons. The minimum absolute atomic E-state index is 0.0955. The van der Waals surface area contributed by atoms with Crippen LogP contribution in [-0.2, 0) is 28.6 Å². The van der Waals surface area contributed by atoms with Crippen molar-refractivity contribution in [1.82, 2.24) is 0 Å². The summed E-state index contributed by atoms with van der Waals surface area (Å²) < 4.78 is 16.9. The van der Waals surface area contributed by atoms with Gasteiger partial charge in [-0.1, -0.05) is 283 Å². The summed E-state index contributed by atoms with van der Waals surface area (Å²) in [7, 11) is 0. The molecule has 0 saturated carbocycles. The highest BCUT2D eigenvalue weighted by molar-refractivity contribution is 5.71. The second-order valence-corrected chi connectivity index (χ2v) is 20.9. The van der Waals surface area contributed by atoms with Crippen LogP contribution in [0.1, 0.15) is 284 Å². The topological polar surface area (TPSA) is 78.9 Å². The number of carbonyl (C=O) groups excluding carboxylic acids is 3. The zero-order valence-electron chi connectivity index (χ0n) is 50.6. The largest absolute Gasteiger partial charge is 0.462 e. The average Bonchev–Trinajstić information content (AvgIpc) is 3.44. The third kappa shape index (κ3) is 62.4. The lowest BCUT2D eigenvalue weighted by Crippen LogP contribution is -2.30. The fourth-order valence-corrected chi connectivity index (χ4v) is 8.65. The van der Waals surface area contributed by atoms with E-state index in [2.05, 4.69) is 154 Å². The monoisotopic (exact) mass is 1080 g/mol. The summed E-state index contributed by atoms with van der Waals surface area (Å²) in [5, 5.41) is 0. The highest BCUT2D eigenvalue weighted by Crippen LogP contribution is 2.16. The van der Waals surface area contributed by atoms with E-state index in [0.29, 0.717) is 19.3 Å². The molecule has 0 N–H and O–H groups in total. The highest BCUT2D eigenvalue weighted by atomic mass is 16.6. The molecule has 0 fully saturated rings. The normalized spacial score (nSPS) is 13.0. The molecule has 442 valence electrons. The lowest BCUT2D eigenvalue weighted by atomic mass is 10.0. The van der Waals surface area contributed by atoms with Crippen LogP contribution in [0.2, 0.25) is 0 Å². The van der Waals surface area contributed by atoms with Crippen molar-refractivity contribution in [2.24, 2.45) is 0 Å². The van der Waals surface area contributed by atoms with E-state index in [9.17, 15) is 14.4 Å².